The second kappa shape index (κ2) is 10.5. The summed E-state index contributed by atoms with van der Waals surface area (Å²) in [6, 6.07) is 17.1. The molecule has 4 aromatic rings. The monoisotopic (exact) mass is 568 g/mol. The van der Waals surface area contributed by atoms with Crippen LogP contribution in [0.2, 0.25) is 5.02 Å². The number of urea groups is 1. The van der Waals surface area contributed by atoms with Crippen molar-refractivity contribution < 1.29 is 36.7 Å². The van der Waals surface area contributed by atoms with Crippen molar-refractivity contribution in [1.29, 1.82) is 0 Å². The molecule has 1 N–H and O–H groups in total. The molecule has 1 aliphatic heterocycles. The Bertz CT molecular complexity index is 1720. The Morgan fingerprint density at radius 1 is 0.925 bits per heavy atom. The summed E-state index contributed by atoms with van der Waals surface area (Å²) in [6.07, 6.45) is -3.60. The summed E-state index contributed by atoms with van der Waals surface area (Å²) in [7, 11) is 0. The number of fused-ring (bicyclic) bond motifs is 1. The first-order valence-electron chi connectivity index (χ1n) is 11.7. The summed E-state index contributed by atoms with van der Waals surface area (Å²) >= 11 is 6.07. The van der Waals surface area contributed by atoms with Gasteiger partial charge < -0.3 is 4.74 Å². The number of hydrogen-bond acceptors (Lipinski definition) is 4. The number of ether oxygens (including phenoxy) is 1. The normalized spacial score (nSPS) is 15.1. The third-order valence-corrected chi connectivity index (χ3v) is 6.50. The Labute approximate surface area is 229 Å². The molecule has 1 fully saturated rings. The smallest absolute Gasteiger partial charge is 0.416 e. The molecule has 0 unspecified atom stereocenters. The van der Waals surface area contributed by atoms with Crippen LogP contribution in [0.15, 0.2) is 84.4 Å². The zero-order valence-corrected chi connectivity index (χ0v) is 21.0. The lowest BCUT2D eigenvalue weighted by Gasteiger charge is -2.27. The van der Waals surface area contributed by atoms with Gasteiger partial charge in [-0.2, -0.15) is 13.2 Å². The lowest BCUT2D eigenvalue weighted by Crippen LogP contribution is -2.54. The van der Waals surface area contributed by atoms with E-state index < -0.39 is 46.7 Å². The Morgan fingerprint density at radius 3 is 2.40 bits per heavy atom. The van der Waals surface area contributed by atoms with Gasteiger partial charge in [0.2, 0.25) is 0 Å². The van der Waals surface area contributed by atoms with Crippen LogP contribution in [0.4, 0.5) is 28.0 Å². The maximum absolute atomic E-state index is 14.2. The highest BCUT2D eigenvalue weighted by atomic mass is 35.5. The molecule has 202 valence electrons. The van der Waals surface area contributed by atoms with Crippen LogP contribution in [0.1, 0.15) is 16.7 Å². The summed E-state index contributed by atoms with van der Waals surface area (Å²) in [5.41, 5.74) is -1.73. The highest BCUT2D eigenvalue weighted by molar-refractivity contribution is 6.42. The number of barbiturate groups is 1. The largest absolute Gasteiger partial charge is 0.488 e. The average molecular weight is 569 g/mol. The van der Waals surface area contributed by atoms with E-state index in [0.717, 1.165) is 6.07 Å². The molecule has 1 saturated heterocycles. The van der Waals surface area contributed by atoms with Crippen LogP contribution < -0.4 is 15.0 Å². The fourth-order valence-corrected chi connectivity index (χ4v) is 4.40. The summed E-state index contributed by atoms with van der Waals surface area (Å²) in [5.74, 6) is -2.56. The van der Waals surface area contributed by atoms with E-state index in [1.807, 2.05) is 5.32 Å². The van der Waals surface area contributed by atoms with Gasteiger partial charge in [-0.15, -0.1) is 0 Å². The van der Waals surface area contributed by atoms with Gasteiger partial charge in [-0.05, 0) is 47.2 Å². The highest BCUT2D eigenvalue weighted by Gasteiger charge is 2.39. The molecule has 6 nitrogen and oxygen atoms in total. The number of rotatable bonds is 5. The van der Waals surface area contributed by atoms with Gasteiger partial charge in [-0.1, -0.05) is 60.1 Å². The molecule has 0 aliphatic carbocycles. The van der Waals surface area contributed by atoms with Crippen molar-refractivity contribution in [3.63, 3.8) is 0 Å². The first-order chi connectivity index (χ1) is 19.0. The number of carbonyl (C=O) groups is 3. The molecule has 11 heteroatoms. The molecule has 0 bridgehead atoms. The van der Waals surface area contributed by atoms with Gasteiger partial charge in [-0.3, -0.25) is 14.9 Å². The van der Waals surface area contributed by atoms with Crippen LogP contribution in [0.25, 0.3) is 16.8 Å². The quantitative estimate of drug-likeness (QED) is 0.161. The van der Waals surface area contributed by atoms with Crippen LogP contribution in [0, 0.1) is 5.82 Å². The predicted octanol–water partition coefficient (Wildman–Crippen LogP) is 6.90. The van der Waals surface area contributed by atoms with Crippen LogP contribution in [-0.2, 0) is 22.4 Å². The van der Waals surface area contributed by atoms with Crippen molar-refractivity contribution in [3.8, 4) is 5.75 Å². The van der Waals surface area contributed by atoms with Crippen LogP contribution in [0.5, 0.6) is 5.75 Å². The van der Waals surface area contributed by atoms with Gasteiger partial charge in [-0.25, -0.2) is 14.1 Å². The van der Waals surface area contributed by atoms with Crippen molar-refractivity contribution in [2.24, 2.45) is 0 Å². The third kappa shape index (κ3) is 5.13. The van der Waals surface area contributed by atoms with E-state index in [9.17, 15) is 31.9 Å². The predicted molar refractivity (Wildman–Crippen MR) is 140 cm³/mol. The van der Waals surface area contributed by atoms with E-state index in [0.29, 0.717) is 27.8 Å². The summed E-state index contributed by atoms with van der Waals surface area (Å²) in [6.45, 7) is -0.175. The van der Waals surface area contributed by atoms with Crippen molar-refractivity contribution in [2.75, 3.05) is 4.90 Å². The Kier molecular flexibility index (Phi) is 7.03. The minimum absolute atomic E-state index is 0.175. The second-order valence-electron chi connectivity index (χ2n) is 8.70. The van der Waals surface area contributed by atoms with Crippen molar-refractivity contribution in [1.82, 2.24) is 5.32 Å². The minimum atomic E-state index is -4.78. The van der Waals surface area contributed by atoms with Gasteiger partial charge in [0.25, 0.3) is 11.8 Å². The molecule has 1 aliphatic rings. The van der Waals surface area contributed by atoms with Crippen LogP contribution >= 0.6 is 11.6 Å². The number of halogens is 5. The first kappa shape index (κ1) is 26.9. The Morgan fingerprint density at radius 2 is 1.65 bits per heavy atom. The van der Waals surface area contributed by atoms with Crippen LogP contribution in [-0.4, -0.2) is 17.8 Å². The fourth-order valence-electron chi connectivity index (χ4n) is 4.20. The molecule has 4 amide bonds. The molecule has 40 heavy (non-hydrogen) atoms. The van der Waals surface area contributed by atoms with Gasteiger partial charge in [0.15, 0.2) is 0 Å². The summed E-state index contributed by atoms with van der Waals surface area (Å²) < 4.78 is 60.1. The van der Waals surface area contributed by atoms with E-state index >= 15 is 0 Å². The molecule has 4 aromatic carbocycles. The SMILES string of the molecule is O=C1NC(=O)N(c2cc(C(F)(F)F)ccc2Cl)C(=O)/C1=C\c1c(OCc2ccccc2F)ccc2ccccc12. The molecule has 0 saturated carbocycles. The molecule has 5 rings (SSSR count). The average Bonchev–Trinajstić information content (AvgIpc) is 2.91. The van der Waals surface area contributed by atoms with Crippen LogP contribution in [0.3, 0.4) is 0 Å². The highest BCUT2D eigenvalue weighted by Crippen LogP contribution is 2.37. The number of imide groups is 2. The number of amides is 4. The molecular formula is C29H17ClF4N2O4. The molecule has 1 heterocycles. The second-order valence-corrected chi connectivity index (χ2v) is 9.11. The molecule has 0 aromatic heterocycles. The maximum atomic E-state index is 14.2. The molecule has 0 atom stereocenters. The topological polar surface area (TPSA) is 75.7 Å². The van der Waals surface area contributed by atoms with Crippen molar-refractivity contribution in [2.45, 2.75) is 12.8 Å². The van der Waals surface area contributed by atoms with E-state index in [1.54, 1.807) is 42.5 Å². The van der Waals surface area contributed by atoms with E-state index in [-0.39, 0.29) is 28.5 Å². The van der Waals surface area contributed by atoms with Crippen molar-refractivity contribution >= 4 is 52.0 Å². The number of carbonyl (C=O) groups excluding carboxylic acids is 3. The number of hydrogen-bond donors (Lipinski definition) is 1. The Balaban J connectivity index is 1.61. The van der Waals surface area contributed by atoms with Gasteiger partial charge in [0.05, 0.1) is 16.3 Å². The molecule has 0 spiro atoms. The van der Waals surface area contributed by atoms with Gasteiger partial charge in [0.1, 0.15) is 23.7 Å². The fraction of sp³-hybridized carbons (Fsp3) is 0.0690. The van der Waals surface area contributed by atoms with Crippen molar-refractivity contribution in [3.05, 3.63) is 112 Å². The third-order valence-electron chi connectivity index (χ3n) is 6.18. The number of nitrogens with zero attached hydrogens (tertiary/aromatic N) is 1. The van der Waals surface area contributed by atoms with E-state index in [1.165, 1.54) is 24.3 Å². The Hall–Kier alpha value is -4.70. The molecular weight excluding hydrogens is 552 g/mol. The summed E-state index contributed by atoms with van der Waals surface area (Å²) in [5, 5.41) is 2.93. The van der Waals surface area contributed by atoms with E-state index in [2.05, 4.69) is 0 Å². The zero-order valence-electron chi connectivity index (χ0n) is 20.3. The number of anilines is 1. The van der Waals surface area contributed by atoms with Gasteiger partial charge >= 0.3 is 12.2 Å². The number of alkyl halides is 3. The molecule has 0 radical (unpaired) electrons. The number of nitrogens with one attached hydrogen (secondary N) is 1. The summed E-state index contributed by atoms with van der Waals surface area (Å²) in [4.78, 5) is 39.3. The maximum Gasteiger partial charge on any atom is 0.416 e. The zero-order chi connectivity index (χ0) is 28.6. The first-order valence-corrected chi connectivity index (χ1v) is 12.1. The van der Waals surface area contributed by atoms with E-state index in [4.69, 9.17) is 16.3 Å². The standard InChI is InChI=1S/C29H17ClF4N2O4/c30-22-11-10-18(29(32,33)34)13-24(22)36-27(38)21(26(37)35-28(36)39)14-20-19-7-3-1-5-16(19)9-12-25(20)40-15-17-6-2-4-8-23(17)31/h1-14H,15H2,(H,35,37,39)/b21-14-. The minimum Gasteiger partial charge on any atom is -0.488 e. The lowest BCUT2D eigenvalue weighted by atomic mass is 9.99. The number of benzene rings is 4. The van der Waals surface area contributed by atoms with Gasteiger partial charge in [0, 0.05) is 11.1 Å². The lowest BCUT2D eigenvalue weighted by molar-refractivity contribution is -0.137.